The molecule has 0 spiro atoms. The number of carboxylic acid groups (broad SMARTS) is 1. The van der Waals surface area contributed by atoms with Gasteiger partial charge in [-0.05, 0) is 33.6 Å². The summed E-state index contributed by atoms with van der Waals surface area (Å²) >= 11 is 0. The van der Waals surface area contributed by atoms with Crippen LogP contribution in [0.3, 0.4) is 0 Å². The minimum absolute atomic E-state index is 0. The van der Waals surface area contributed by atoms with E-state index in [1.807, 2.05) is 0 Å². The van der Waals surface area contributed by atoms with E-state index in [1.165, 1.54) is 6.41 Å². The number of carbonyl (C=O) groups is 2. The van der Waals surface area contributed by atoms with E-state index in [-0.39, 0.29) is 13.0 Å². The van der Waals surface area contributed by atoms with Crippen LogP contribution in [0.25, 0.3) is 0 Å². The van der Waals surface area contributed by atoms with Gasteiger partial charge in [0.2, 0.25) is 0 Å². The molecule has 0 aromatic carbocycles. The number of ether oxygens (including phenoxy) is 1. The molecule has 0 heterocycles. The van der Waals surface area contributed by atoms with Crippen LogP contribution in [0.5, 0.6) is 0 Å². The van der Waals surface area contributed by atoms with Gasteiger partial charge in [-0.25, -0.2) is 4.79 Å². The second-order valence-electron chi connectivity index (χ2n) is 4.71. The Labute approximate surface area is 106 Å². The first kappa shape index (κ1) is 18.6. The summed E-state index contributed by atoms with van der Waals surface area (Å²) in [5.74, 6) is -1.13. The van der Waals surface area contributed by atoms with Crippen LogP contribution in [0, 0.1) is 0 Å². The minimum Gasteiger partial charge on any atom is -0.520 e. The van der Waals surface area contributed by atoms with E-state index >= 15 is 0 Å². The predicted molar refractivity (Wildman–Crippen MR) is 63.7 cm³/mol. The largest absolute Gasteiger partial charge is 0.520 e. The number of nitrogens with one attached hydrogen (secondary N) is 2. The average molecular weight is 516 g/mol. The number of carboxylic acids is 1. The van der Waals surface area contributed by atoms with Crippen molar-refractivity contribution in [2.45, 2.75) is 45.3 Å². The van der Waals surface area contributed by atoms with E-state index in [4.69, 9.17) is 9.84 Å². The molecule has 0 saturated heterocycles. The molecule has 8 heteroatoms. The zero-order valence-corrected chi connectivity index (χ0v) is 13.5. The van der Waals surface area contributed by atoms with Crippen molar-refractivity contribution in [2.24, 2.45) is 0 Å². The average Bonchev–Trinajstić information content (AvgIpc) is 2.19. The summed E-state index contributed by atoms with van der Waals surface area (Å²) in [6.07, 6.45) is 1.40. The standard InChI is InChI=1S/C11H19N2O5.Fm/c1-11(2,3)18-10(17)12-6-4-5-8(9(15)16)13-7-14;/h8H,4-6H2,1-3H3,(H,12,17)(H,13,14)(H,15,16);/q-1;. The summed E-state index contributed by atoms with van der Waals surface area (Å²) in [4.78, 5) is 31.9. The molecule has 0 saturated carbocycles. The molecule has 116 valence electrons. The summed E-state index contributed by atoms with van der Waals surface area (Å²) in [6, 6.07) is -0.983. The molecule has 1 unspecified atom stereocenters. The summed E-state index contributed by atoms with van der Waals surface area (Å²) in [6.45, 7) is 5.52. The zero-order chi connectivity index (χ0) is 14.2. The molecule has 0 fully saturated rings. The number of aliphatic carboxylic acids is 1. The van der Waals surface area contributed by atoms with E-state index in [0.29, 0.717) is 6.42 Å². The number of amides is 2. The third kappa shape index (κ3) is 10.1. The number of alkyl carbamates (subject to hydrolysis) is 1. The van der Waals surface area contributed by atoms with Crippen molar-refractivity contribution in [3.63, 3.8) is 0 Å². The third-order valence-electron chi connectivity index (χ3n) is 1.87. The maximum absolute atomic E-state index is 11.2. The molecule has 1 atom stereocenters. The Kier molecular flexibility index (Phi) is 8.14. The molecule has 0 aliphatic heterocycles. The van der Waals surface area contributed by atoms with E-state index in [2.05, 4.69) is 10.6 Å². The van der Waals surface area contributed by atoms with Crippen LogP contribution in [0.4, 0.5) is 4.79 Å². The second-order valence-corrected chi connectivity index (χ2v) is 4.71. The monoisotopic (exact) mass is 516 g/mol. The Balaban J connectivity index is 0. The maximum atomic E-state index is 11.2. The van der Waals surface area contributed by atoms with E-state index in [9.17, 15) is 14.4 Å². The van der Waals surface area contributed by atoms with Crippen molar-refractivity contribution in [3.8, 4) is 0 Å². The van der Waals surface area contributed by atoms with Gasteiger partial charge in [0, 0.05) is 6.54 Å². The van der Waals surface area contributed by atoms with Gasteiger partial charge < -0.3 is 25.3 Å². The van der Waals surface area contributed by atoms with Gasteiger partial charge in [-0.15, -0.1) is 0 Å². The fourth-order valence-electron chi connectivity index (χ4n) is 1.14. The summed E-state index contributed by atoms with van der Waals surface area (Å²) in [5.41, 5.74) is -0.568. The van der Waals surface area contributed by atoms with E-state index in [1.54, 1.807) is 20.8 Å². The molecule has 0 radical (unpaired) electrons. The predicted octanol–water partition coefficient (Wildman–Crippen LogP) is 0.401. The molecular weight excluding hydrogens is 497 g/mol. The second kappa shape index (κ2) is 8.32. The van der Waals surface area contributed by atoms with Gasteiger partial charge in [-0.1, -0.05) is 0 Å². The zero-order valence-electron chi connectivity index (χ0n) is 11.1. The summed E-state index contributed by atoms with van der Waals surface area (Å²) < 4.78 is 5.00. The van der Waals surface area contributed by atoms with Crippen molar-refractivity contribution in [1.82, 2.24) is 10.6 Å². The first-order valence-electron chi connectivity index (χ1n) is 5.58. The first-order chi connectivity index (χ1) is 8.26. The molecule has 3 N–H and O–H groups in total. The van der Waals surface area contributed by atoms with Gasteiger partial charge >= 0.3 is 12.1 Å². The number of hydrogen-bond donors (Lipinski definition) is 3. The quantitative estimate of drug-likeness (QED) is 0.258. The van der Waals surface area contributed by atoms with Crippen LogP contribution in [0.15, 0.2) is 0 Å². The normalized spacial score (nSPS) is 11.7. The Morgan fingerprint density at radius 1 is 1.37 bits per heavy atom. The fraction of sp³-hybridized carbons (Fsp3) is 0.727. The molecule has 0 aromatic rings. The van der Waals surface area contributed by atoms with Crippen molar-refractivity contribution in [1.29, 1.82) is 0 Å². The topological polar surface area (TPSA) is 105 Å². The van der Waals surface area contributed by atoms with Crippen LogP contribution in [-0.4, -0.2) is 41.8 Å². The van der Waals surface area contributed by atoms with Crippen LogP contribution in [0.1, 0.15) is 33.6 Å². The van der Waals surface area contributed by atoms with E-state index in [0.717, 1.165) is 0 Å². The number of carbonyl (C=O) groups excluding carboxylic acids is 2. The van der Waals surface area contributed by atoms with Gasteiger partial charge in [0.05, 0.1) is 6.04 Å². The molecule has 2 amide bonds. The van der Waals surface area contributed by atoms with Gasteiger partial charge in [-0.2, -0.15) is 6.41 Å². The minimum atomic E-state index is -1.13. The molecule has 19 heavy (non-hydrogen) atoms. The van der Waals surface area contributed by atoms with Crippen molar-refractivity contribution < 1.29 is 24.2 Å². The van der Waals surface area contributed by atoms with Crippen LogP contribution in [0.2, 0.25) is 0 Å². The molecule has 7 nitrogen and oxygen atoms in total. The van der Waals surface area contributed by atoms with Crippen molar-refractivity contribution in [2.75, 3.05) is 6.54 Å². The summed E-state index contributed by atoms with van der Waals surface area (Å²) in [5, 5.41) is 13.3. The van der Waals surface area contributed by atoms with Crippen LogP contribution >= 0.6 is 0 Å². The van der Waals surface area contributed by atoms with Gasteiger partial charge in [0.15, 0.2) is 0 Å². The Hall–Kier alpha value is -2.79. The number of hydrogen-bond acceptors (Lipinski definition) is 4. The van der Waals surface area contributed by atoms with Crippen LogP contribution in [-0.2, 0) is 14.3 Å². The third-order valence-corrected chi connectivity index (χ3v) is 1.87. The van der Waals surface area contributed by atoms with Crippen LogP contribution < -0.4 is 10.6 Å². The Morgan fingerprint density at radius 3 is 2.37 bits per heavy atom. The maximum Gasteiger partial charge on any atom is 0.407 e. The molecular formula is C11H19FmN2O5-. The van der Waals surface area contributed by atoms with Gasteiger partial charge in [-0.3, -0.25) is 4.79 Å². The first-order valence-corrected chi connectivity index (χ1v) is 5.58. The molecule has 0 rings (SSSR count). The molecule has 0 aromatic heterocycles. The number of rotatable bonds is 7. The Bertz CT molecular complexity index is 304. The van der Waals surface area contributed by atoms with Gasteiger partial charge in [0.25, 0.3) is 0 Å². The Morgan fingerprint density at radius 2 is 1.95 bits per heavy atom. The SMILES string of the molecule is CC(C)(C)OC(=O)NCCCC(N[C-]=O)C(=O)O.[Fm]. The smallest absolute Gasteiger partial charge is 0.407 e. The van der Waals surface area contributed by atoms with Gasteiger partial charge in [0.1, 0.15) is 5.60 Å². The fourth-order valence-corrected chi connectivity index (χ4v) is 1.14. The molecule has 0 aliphatic rings. The molecule has 0 bridgehead atoms. The van der Waals surface area contributed by atoms with Crippen molar-refractivity contribution >= 4 is 18.5 Å². The van der Waals surface area contributed by atoms with E-state index < -0.39 is 23.7 Å². The summed E-state index contributed by atoms with van der Waals surface area (Å²) in [7, 11) is 0. The molecule has 0 aliphatic carbocycles. The van der Waals surface area contributed by atoms with Crippen molar-refractivity contribution in [3.05, 3.63) is 0 Å².